The number of esters is 1. The second-order valence-corrected chi connectivity index (χ2v) is 4.35. The van der Waals surface area contributed by atoms with Crippen LogP contribution >= 0.6 is 11.6 Å². The Balaban J connectivity index is 2.59. The zero-order valence-corrected chi connectivity index (χ0v) is 11.7. The van der Waals surface area contributed by atoms with Gasteiger partial charge in [-0.1, -0.05) is 23.7 Å². The van der Waals surface area contributed by atoms with Gasteiger partial charge < -0.3 is 14.8 Å². The van der Waals surface area contributed by atoms with Gasteiger partial charge in [-0.05, 0) is 26.0 Å². The summed E-state index contributed by atoms with van der Waals surface area (Å²) in [7, 11) is 1.26. The van der Waals surface area contributed by atoms with Gasteiger partial charge in [0.1, 0.15) is 11.8 Å². The third-order valence-electron chi connectivity index (χ3n) is 2.42. The SMILES string of the molecule is COC(=O)[C@H](C)NC(=O)C(C)Oc1ccccc1Cl. The van der Waals surface area contributed by atoms with Gasteiger partial charge in [0.05, 0.1) is 12.1 Å². The van der Waals surface area contributed by atoms with Gasteiger partial charge in [0, 0.05) is 0 Å². The van der Waals surface area contributed by atoms with Crippen molar-refractivity contribution in [2.75, 3.05) is 7.11 Å². The highest BCUT2D eigenvalue weighted by atomic mass is 35.5. The molecule has 1 amide bonds. The van der Waals surface area contributed by atoms with Gasteiger partial charge in [-0.15, -0.1) is 0 Å². The molecule has 0 saturated carbocycles. The highest BCUT2D eigenvalue weighted by Crippen LogP contribution is 2.24. The molecular formula is C13H16ClNO4. The number of halogens is 1. The van der Waals surface area contributed by atoms with Crippen LogP contribution in [0.4, 0.5) is 0 Å². The van der Waals surface area contributed by atoms with E-state index in [0.29, 0.717) is 10.8 Å². The van der Waals surface area contributed by atoms with Gasteiger partial charge in [0.2, 0.25) is 0 Å². The Morgan fingerprint density at radius 2 is 1.89 bits per heavy atom. The molecule has 0 bridgehead atoms. The van der Waals surface area contributed by atoms with Crippen LogP contribution in [0.3, 0.4) is 0 Å². The Kier molecular flexibility index (Phi) is 5.63. The minimum atomic E-state index is -0.771. The fourth-order valence-corrected chi connectivity index (χ4v) is 1.53. The van der Waals surface area contributed by atoms with Gasteiger partial charge >= 0.3 is 5.97 Å². The molecule has 1 unspecified atom stereocenters. The minimum absolute atomic E-state index is 0.414. The van der Waals surface area contributed by atoms with E-state index in [2.05, 4.69) is 10.1 Å². The summed E-state index contributed by atoms with van der Waals surface area (Å²) < 4.78 is 9.94. The molecule has 0 saturated heterocycles. The van der Waals surface area contributed by atoms with Crippen molar-refractivity contribution < 1.29 is 19.1 Å². The highest BCUT2D eigenvalue weighted by molar-refractivity contribution is 6.32. The number of hydrogen-bond donors (Lipinski definition) is 1. The first-order valence-electron chi connectivity index (χ1n) is 5.75. The van der Waals surface area contributed by atoms with E-state index in [1.807, 2.05) is 0 Å². The Bertz CT molecular complexity index is 464. The number of ether oxygens (including phenoxy) is 2. The Morgan fingerprint density at radius 1 is 1.26 bits per heavy atom. The molecule has 19 heavy (non-hydrogen) atoms. The van der Waals surface area contributed by atoms with Gasteiger partial charge in [0.15, 0.2) is 6.10 Å². The first-order valence-corrected chi connectivity index (χ1v) is 6.13. The van der Waals surface area contributed by atoms with Crippen LogP contribution in [0.5, 0.6) is 5.75 Å². The second-order valence-electron chi connectivity index (χ2n) is 3.94. The number of methoxy groups -OCH3 is 1. The first kappa shape index (κ1) is 15.3. The molecule has 1 rings (SSSR count). The fourth-order valence-electron chi connectivity index (χ4n) is 1.35. The van der Waals surface area contributed by atoms with E-state index < -0.39 is 24.0 Å². The van der Waals surface area contributed by atoms with Crippen molar-refractivity contribution in [2.45, 2.75) is 26.0 Å². The van der Waals surface area contributed by atoms with Crippen LogP contribution in [0.15, 0.2) is 24.3 Å². The molecule has 0 fully saturated rings. The maximum absolute atomic E-state index is 11.8. The molecule has 5 nitrogen and oxygen atoms in total. The molecule has 0 aromatic heterocycles. The normalized spacial score (nSPS) is 13.3. The average Bonchev–Trinajstić information content (AvgIpc) is 2.40. The molecular weight excluding hydrogens is 270 g/mol. The summed E-state index contributed by atoms with van der Waals surface area (Å²) in [4.78, 5) is 23.0. The molecule has 0 radical (unpaired) electrons. The fraction of sp³-hybridized carbons (Fsp3) is 0.385. The summed E-state index contributed by atoms with van der Waals surface area (Å²) >= 11 is 5.92. The van der Waals surface area contributed by atoms with Crippen molar-refractivity contribution in [3.05, 3.63) is 29.3 Å². The maximum atomic E-state index is 11.8. The van der Waals surface area contributed by atoms with E-state index in [1.54, 1.807) is 31.2 Å². The summed E-state index contributed by atoms with van der Waals surface area (Å²) in [5, 5.41) is 2.91. The van der Waals surface area contributed by atoms with Crippen LogP contribution < -0.4 is 10.1 Å². The summed E-state index contributed by atoms with van der Waals surface area (Å²) in [5.74, 6) is -0.520. The number of hydrogen-bond acceptors (Lipinski definition) is 4. The number of nitrogens with one attached hydrogen (secondary N) is 1. The first-order chi connectivity index (χ1) is 8.95. The summed E-state index contributed by atoms with van der Waals surface area (Å²) in [6.07, 6.45) is -0.771. The van der Waals surface area contributed by atoms with Crippen molar-refractivity contribution >= 4 is 23.5 Å². The lowest BCUT2D eigenvalue weighted by molar-refractivity contribution is -0.145. The van der Waals surface area contributed by atoms with Crippen LogP contribution in [-0.2, 0) is 14.3 Å². The number of amides is 1. The maximum Gasteiger partial charge on any atom is 0.328 e. The van der Waals surface area contributed by atoms with Crippen molar-refractivity contribution in [3.63, 3.8) is 0 Å². The average molecular weight is 286 g/mol. The molecule has 1 aromatic carbocycles. The van der Waals surface area contributed by atoms with Gasteiger partial charge in [-0.2, -0.15) is 0 Å². The molecule has 2 atom stereocenters. The number of carbonyl (C=O) groups excluding carboxylic acids is 2. The molecule has 6 heteroatoms. The van der Waals surface area contributed by atoms with E-state index in [9.17, 15) is 9.59 Å². The molecule has 0 heterocycles. The van der Waals surface area contributed by atoms with Gasteiger partial charge in [-0.25, -0.2) is 4.79 Å². The van der Waals surface area contributed by atoms with Gasteiger partial charge in [0.25, 0.3) is 5.91 Å². The topological polar surface area (TPSA) is 64.6 Å². The van der Waals surface area contributed by atoms with E-state index in [-0.39, 0.29) is 0 Å². The lowest BCUT2D eigenvalue weighted by Crippen LogP contribution is -2.45. The molecule has 1 N–H and O–H groups in total. The number of rotatable bonds is 5. The minimum Gasteiger partial charge on any atom is -0.479 e. The standard InChI is InChI=1S/C13H16ClNO4/c1-8(13(17)18-3)15-12(16)9(2)19-11-7-5-4-6-10(11)14/h4-9H,1-3H3,(H,15,16)/t8-,9?/m0/s1. The van der Waals surface area contributed by atoms with E-state index in [1.165, 1.54) is 14.0 Å². The smallest absolute Gasteiger partial charge is 0.328 e. The predicted molar refractivity (Wildman–Crippen MR) is 71.2 cm³/mol. The van der Waals surface area contributed by atoms with Crippen molar-refractivity contribution in [1.29, 1.82) is 0 Å². The zero-order chi connectivity index (χ0) is 14.4. The molecule has 0 spiro atoms. The van der Waals surface area contributed by atoms with Gasteiger partial charge in [-0.3, -0.25) is 4.79 Å². The van der Waals surface area contributed by atoms with Crippen molar-refractivity contribution in [1.82, 2.24) is 5.32 Å². The van der Waals surface area contributed by atoms with Crippen LogP contribution in [0, 0.1) is 0 Å². The van der Waals surface area contributed by atoms with Crippen molar-refractivity contribution in [3.8, 4) is 5.75 Å². The number of benzene rings is 1. The highest BCUT2D eigenvalue weighted by Gasteiger charge is 2.21. The Hall–Kier alpha value is -1.75. The second kappa shape index (κ2) is 6.99. The summed E-state index contributed by atoms with van der Waals surface area (Å²) in [6.45, 7) is 3.11. The zero-order valence-electron chi connectivity index (χ0n) is 11.0. The third kappa shape index (κ3) is 4.44. The molecule has 0 aliphatic rings. The van der Waals surface area contributed by atoms with E-state index in [4.69, 9.17) is 16.3 Å². The number of para-hydroxylation sites is 1. The van der Waals surface area contributed by atoms with Crippen molar-refractivity contribution in [2.24, 2.45) is 0 Å². The monoisotopic (exact) mass is 285 g/mol. The molecule has 1 aromatic rings. The molecule has 0 aliphatic heterocycles. The van der Waals surface area contributed by atoms with Crippen LogP contribution in [-0.4, -0.2) is 31.1 Å². The molecule has 0 aliphatic carbocycles. The number of carbonyl (C=O) groups is 2. The van der Waals surface area contributed by atoms with E-state index in [0.717, 1.165) is 0 Å². The lowest BCUT2D eigenvalue weighted by Gasteiger charge is -2.17. The molecule has 104 valence electrons. The van der Waals surface area contributed by atoms with Crippen LogP contribution in [0.25, 0.3) is 0 Å². The Morgan fingerprint density at radius 3 is 2.47 bits per heavy atom. The summed E-state index contributed by atoms with van der Waals surface area (Å²) in [6, 6.07) is 6.12. The third-order valence-corrected chi connectivity index (χ3v) is 2.74. The van der Waals surface area contributed by atoms with Crippen LogP contribution in [0.1, 0.15) is 13.8 Å². The Labute approximate surface area is 116 Å². The van der Waals surface area contributed by atoms with E-state index >= 15 is 0 Å². The van der Waals surface area contributed by atoms with Crippen LogP contribution in [0.2, 0.25) is 5.02 Å². The quantitative estimate of drug-likeness (QED) is 0.838. The largest absolute Gasteiger partial charge is 0.479 e. The summed E-state index contributed by atoms with van der Waals surface area (Å²) in [5.41, 5.74) is 0. The lowest BCUT2D eigenvalue weighted by atomic mass is 10.3. The predicted octanol–water partition coefficient (Wildman–Crippen LogP) is 1.78.